The summed E-state index contributed by atoms with van der Waals surface area (Å²) in [4.78, 5) is 31.0. The van der Waals surface area contributed by atoms with Crippen molar-refractivity contribution in [3.05, 3.63) is 41.1 Å². The van der Waals surface area contributed by atoms with Crippen molar-refractivity contribution >= 4 is 17.5 Å². The van der Waals surface area contributed by atoms with Crippen LogP contribution in [0.1, 0.15) is 45.1 Å². The molecule has 0 amide bonds. The van der Waals surface area contributed by atoms with Gasteiger partial charge in [0.15, 0.2) is 5.78 Å². The van der Waals surface area contributed by atoms with E-state index in [4.69, 9.17) is 19.2 Å². The molecule has 1 aromatic rings. The lowest BCUT2D eigenvalue weighted by Crippen LogP contribution is -2.39. The third-order valence-corrected chi connectivity index (χ3v) is 5.56. The number of esters is 1. The lowest BCUT2D eigenvalue weighted by Gasteiger charge is -2.39. The van der Waals surface area contributed by atoms with Gasteiger partial charge in [-0.25, -0.2) is 0 Å². The van der Waals surface area contributed by atoms with Crippen molar-refractivity contribution in [1.29, 1.82) is 0 Å². The zero-order valence-corrected chi connectivity index (χ0v) is 17.8. The van der Waals surface area contributed by atoms with Crippen LogP contribution in [0.4, 0.5) is 0 Å². The highest BCUT2D eigenvalue weighted by molar-refractivity contribution is 6.09. The molecule has 2 aliphatic rings. The van der Waals surface area contributed by atoms with Gasteiger partial charge in [-0.15, -0.1) is 0 Å². The fraction of sp³-hybridized carbons (Fsp3) is 0.522. The Hall–Kier alpha value is -2.47. The molecule has 0 N–H and O–H groups in total. The van der Waals surface area contributed by atoms with E-state index in [1.165, 1.54) is 0 Å². The SMILES string of the molecule is COCCOC(=O)C1C(C)=NC2=C(C(=O)CC(C)(C)C2)[C@@H]1c1ccccc1OC. The van der Waals surface area contributed by atoms with Crippen molar-refractivity contribution in [1.82, 2.24) is 0 Å². The van der Waals surface area contributed by atoms with E-state index in [0.29, 0.717) is 36.5 Å². The van der Waals surface area contributed by atoms with Crippen molar-refractivity contribution in [3.63, 3.8) is 0 Å². The smallest absolute Gasteiger partial charge is 0.315 e. The highest BCUT2D eigenvalue weighted by Gasteiger charge is 2.46. The minimum absolute atomic E-state index is 0.0399. The number of carbonyl (C=O) groups excluding carboxylic acids is 2. The Balaban J connectivity index is 2.12. The summed E-state index contributed by atoms with van der Waals surface area (Å²) in [6, 6.07) is 7.53. The Morgan fingerprint density at radius 1 is 1.17 bits per heavy atom. The van der Waals surface area contributed by atoms with E-state index < -0.39 is 17.8 Å². The van der Waals surface area contributed by atoms with Crippen LogP contribution in [-0.2, 0) is 19.1 Å². The topological polar surface area (TPSA) is 74.2 Å². The van der Waals surface area contributed by atoms with Gasteiger partial charge in [-0.3, -0.25) is 14.6 Å². The fourth-order valence-electron chi connectivity index (χ4n) is 4.33. The second kappa shape index (κ2) is 8.49. The van der Waals surface area contributed by atoms with Crippen LogP contribution in [0.15, 0.2) is 40.5 Å². The van der Waals surface area contributed by atoms with E-state index in [0.717, 1.165) is 11.3 Å². The summed E-state index contributed by atoms with van der Waals surface area (Å²) in [6.45, 7) is 6.45. The van der Waals surface area contributed by atoms with Gasteiger partial charge in [0.05, 0.1) is 13.7 Å². The molecular formula is C23H29NO5. The molecule has 1 unspecified atom stereocenters. The van der Waals surface area contributed by atoms with Crippen molar-refractivity contribution in [2.45, 2.75) is 39.5 Å². The zero-order chi connectivity index (χ0) is 21.2. The van der Waals surface area contributed by atoms with Crippen molar-refractivity contribution < 1.29 is 23.8 Å². The number of carbonyl (C=O) groups is 2. The predicted molar refractivity (Wildman–Crippen MR) is 110 cm³/mol. The number of Topliss-reactive ketones (excluding diaryl/α,β-unsaturated/α-hetero) is 1. The van der Waals surface area contributed by atoms with Gasteiger partial charge < -0.3 is 14.2 Å². The molecule has 1 aliphatic carbocycles. The fourth-order valence-corrected chi connectivity index (χ4v) is 4.33. The second-order valence-electron chi connectivity index (χ2n) is 8.41. The van der Waals surface area contributed by atoms with Crippen LogP contribution < -0.4 is 4.74 Å². The lowest BCUT2D eigenvalue weighted by molar-refractivity contribution is -0.147. The van der Waals surface area contributed by atoms with Crippen LogP contribution in [0.5, 0.6) is 5.75 Å². The largest absolute Gasteiger partial charge is 0.496 e. The number of benzene rings is 1. The average Bonchev–Trinajstić information content (AvgIpc) is 2.65. The number of rotatable bonds is 6. The number of aliphatic imine (C=N–C) groups is 1. The van der Waals surface area contributed by atoms with Gasteiger partial charge in [0.1, 0.15) is 18.3 Å². The number of nitrogens with zero attached hydrogens (tertiary/aromatic N) is 1. The van der Waals surface area contributed by atoms with Gasteiger partial charge in [0.2, 0.25) is 0 Å². The quantitative estimate of drug-likeness (QED) is 0.539. The highest BCUT2D eigenvalue weighted by atomic mass is 16.6. The first-order chi connectivity index (χ1) is 13.8. The molecule has 1 aromatic carbocycles. The molecule has 3 rings (SSSR count). The molecule has 0 radical (unpaired) electrons. The van der Waals surface area contributed by atoms with E-state index >= 15 is 0 Å². The molecule has 1 aliphatic heterocycles. The maximum absolute atomic E-state index is 13.2. The molecule has 0 aromatic heterocycles. The first-order valence-corrected chi connectivity index (χ1v) is 9.89. The number of allylic oxidation sites excluding steroid dienone is 2. The molecule has 0 saturated carbocycles. The Morgan fingerprint density at radius 2 is 1.90 bits per heavy atom. The zero-order valence-electron chi connectivity index (χ0n) is 17.8. The van der Waals surface area contributed by atoms with E-state index in [-0.39, 0.29) is 17.8 Å². The summed E-state index contributed by atoms with van der Waals surface area (Å²) in [6.07, 6.45) is 1.12. The predicted octanol–water partition coefficient (Wildman–Crippen LogP) is 3.70. The maximum Gasteiger partial charge on any atom is 0.315 e. The van der Waals surface area contributed by atoms with Crippen molar-refractivity contribution in [2.24, 2.45) is 16.3 Å². The molecule has 29 heavy (non-hydrogen) atoms. The van der Waals surface area contributed by atoms with Gasteiger partial charge in [-0.1, -0.05) is 32.0 Å². The summed E-state index contributed by atoms with van der Waals surface area (Å²) < 4.78 is 16.0. The standard InChI is InChI=1S/C23H29NO5/c1-14-19(22(26)29-11-10-27-4)20(15-8-6-7-9-18(15)28-5)21-16(24-14)12-23(2,3)13-17(21)25/h6-9,19-20H,10-13H2,1-5H3/t19?,20-/m1/s1. The maximum atomic E-state index is 13.2. The molecule has 0 fully saturated rings. The normalized spacial score (nSPS) is 23.3. The minimum atomic E-state index is -0.674. The summed E-state index contributed by atoms with van der Waals surface area (Å²) >= 11 is 0. The Bertz CT molecular complexity index is 868. The number of para-hydroxylation sites is 1. The van der Waals surface area contributed by atoms with Gasteiger partial charge in [0, 0.05) is 42.0 Å². The minimum Gasteiger partial charge on any atom is -0.496 e. The van der Waals surface area contributed by atoms with Gasteiger partial charge in [-0.2, -0.15) is 0 Å². The number of hydrogen-bond donors (Lipinski definition) is 0. The van der Waals surface area contributed by atoms with Gasteiger partial charge >= 0.3 is 5.97 Å². The molecule has 0 bridgehead atoms. The first kappa shape index (κ1) is 21.2. The molecule has 0 spiro atoms. The van der Waals surface area contributed by atoms with Crippen LogP contribution in [0.3, 0.4) is 0 Å². The lowest BCUT2D eigenvalue weighted by atomic mass is 9.66. The monoisotopic (exact) mass is 399 g/mol. The highest BCUT2D eigenvalue weighted by Crippen LogP contribution is 2.49. The third-order valence-electron chi connectivity index (χ3n) is 5.56. The first-order valence-electron chi connectivity index (χ1n) is 9.89. The summed E-state index contributed by atoms with van der Waals surface area (Å²) in [5.41, 5.74) is 2.70. The Kier molecular flexibility index (Phi) is 6.22. The number of hydrogen-bond acceptors (Lipinski definition) is 6. The Labute approximate surface area is 171 Å². The van der Waals surface area contributed by atoms with Crippen molar-refractivity contribution in [2.75, 3.05) is 27.4 Å². The van der Waals surface area contributed by atoms with Crippen LogP contribution >= 0.6 is 0 Å². The molecular weight excluding hydrogens is 370 g/mol. The molecule has 6 nitrogen and oxygen atoms in total. The molecule has 1 heterocycles. The van der Waals surface area contributed by atoms with Crippen LogP contribution in [0.2, 0.25) is 0 Å². The Morgan fingerprint density at radius 3 is 2.59 bits per heavy atom. The van der Waals surface area contributed by atoms with Gasteiger partial charge in [0.25, 0.3) is 0 Å². The number of methoxy groups -OCH3 is 2. The molecule has 0 saturated heterocycles. The van der Waals surface area contributed by atoms with E-state index in [2.05, 4.69) is 13.8 Å². The third kappa shape index (κ3) is 4.27. The number of ether oxygens (including phenoxy) is 3. The second-order valence-corrected chi connectivity index (χ2v) is 8.41. The summed E-state index contributed by atoms with van der Waals surface area (Å²) in [7, 11) is 3.15. The van der Waals surface area contributed by atoms with E-state index in [9.17, 15) is 9.59 Å². The molecule has 156 valence electrons. The van der Waals surface area contributed by atoms with Gasteiger partial charge in [-0.05, 0) is 24.8 Å². The van der Waals surface area contributed by atoms with E-state index in [1.807, 2.05) is 31.2 Å². The molecule has 6 heteroatoms. The van der Waals surface area contributed by atoms with Crippen molar-refractivity contribution in [3.8, 4) is 5.75 Å². The average molecular weight is 399 g/mol. The number of ketones is 1. The molecule has 2 atom stereocenters. The summed E-state index contributed by atoms with van der Waals surface area (Å²) in [5.74, 6) is -0.864. The van der Waals surface area contributed by atoms with Crippen LogP contribution in [-0.4, -0.2) is 44.9 Å². The van der Waals surface area contributed by atoms with Crippen LogP contribution in [0.25, 0.3) is 0 Å². The summed E-state index contributed by atoms with van der Waals surface area (Å²) in [5, 5.41) is 0. The van der Waals surface area contributed by atoms with E-state index in [1.54, 1.807) is 14.2 Å². The van der Waals surface area contributed by atoms with Crippen LogP contribution in [0, 0.1) is 11.3 Å².